The topological polar surface area (TPSA) is 74.9 Å². The number of anilines is 2. The highest BCUT2D eigenvalue weighted by Crippen LogP contribution is 2.18. The monoisotopic (exact) mass is 253 g/mol. The Bertz CT molecular complexity index is 510. The molecule has 5 heteroatoms. The first kappa shape index (κ1) is 12.9. The van der Waals surface area contributed by atoms with Gasteiger partial charge in [0, 0.05) is 43.8 Å². The third-order valence-corrected chi connectivity index (χ3v) is 2.97. The first-order valence-electron chi connectivity index (χ1n) is 6.16. The first-order chi connectivity index (χ1) is 9.33. The average Bonchev–Trinajstić information content (AvgIpc) is 2.50. The van der Waals surface area contributed by atoms with Crippen molar-refractivity contribution >= 4 is 11.4 Å². The van der Waals surface area contributed by atoms with Gasteiger partial charge in [-0.3, -0.25) is 0 Å². The van der Waals surface area contributed by atoms with E-state index in [9.17, 15) is 0 Å². The van der Waals surface area contributed by atoms with Gasteiger partial charge in [0.2, 0.25) is 0 Å². The lowest BCUT2D eigenvalue weighted by Crippen LogP contribution is -2.43. The number of benzene rings is 1. The molecule has 1 heterocycles. The summed E-state index contributed by atoms with van der Waals surface area (Å²) in [6, 6.07) is 11.6. The molecule has 1 saturated heterocycles. The molecule has 0 spiro atoms. The molecule has 0 amide bonds. The Kier molecular flexibility index (Phi) is 4.39. The van der Waals surface area contributed by atoms with Crippen LogP contribution in [0.2, 0.25) is 0 Å². The molecule has 1 aliphatic rings. The third kappa shape index (κ3) is 3.48. The number of hydrogen-bond donors (Lipinski definition) is 2. The van der Waals surface area contributed by atoms with E-state index >= 15 is 0 Å². The number of nitrogens with zero attached hydrogens (tertiary/aromatic N) is 3. The Labute approximate surface area is 112 Å². The van der Waals surface area contributed by atoms with Crippen LogP contribution in [-0.2, 0) is 0 Å². The standard InChI is InChI=1S/C14H15N5/c15-9-12(10-16)11-18-13-1-3-14(4-2-13)19-7-5-17-6-8-19/h1-4,11,17-18H,5-8H2. The van der Waals surface area contributed by atoms with E-state index in [1.54, 1.807) is 0 Å². The van der Waals surface area contributed by atoms with Crippen LogP contribution in [0, 0.1) is 22.7 Å². The fourth-order valence-electron chi connectivity index (χ4n) is 1.94. The summed E-state index contributed by atoms with van der Waals surface area (Å²) in [5.74, 6) is 0. The third-order valence-electron chi connectivity index (χ3n) is 2.97. The molecule has 1 aromatic carbocycles. The predicted octanol–water partition coefficient (Wildman–Crippen LogP) is 1.44. The molecule has 1 aliphatic heterocycles. The van der Waals surface area contributed by atoms with E-state index in [-0.39, 0.29) is 5.57 Å². The van der Waals surface area contributed by atoms with Crippen LogP contribution in [0.5, 0.6) is 0 Å². The maximum atomic E-state index is 8.62. The van der Waals surface area contributed by atoms with E-state index in [1.165, 1.54) is 11.9 Å². The fourth-order valence-corrected chi connectivity index (χ4v) is 1.94. The van der Waals surface area contributed by atoms with Gasteiger partial charge in [0.15, 0.2) is 0 Å². The van der Waals surface area contributed by atoms with Crippen molar-refractivity contribution in [3.05, 3.63) is 36.0 Å². The van der Waals surface area contributed by atoms with E-state index in [1.807, 2.05) is 36.4 Å². The Balaban J connectivity index is 2.01. The average molecular weight is 253 g/mol. The van der Waals surface area contributed by atoms with Crippen molar-refractivity contribution < 1.29 is 0 Å². The van der Waals surface area contributed by atoms with E-state index in [0.717, 1.165) is 31.9 Å². The maximum Gasteiger partial charge on any atom is 0.145 e. The normalized spacial score (nSPS) is 14.1. The van der Waals surface area contributed by atoms with Crippen LogP contribution >= 0.6 is 0 Å². The van der Waals surface area contributed by atoms with Crippen LogP contribution in [0.25, 0.3) is 0 Å². The van der Waals surface area contributed by atoms with Crippen molar-refractivity contribution in [1.29, 1.82) is 10.5 Å². The molecule has 0 atom stereocenters. The molecule has 5 nitrogen and oxygen atoms in total. The van der Waals surface area contributed by atoms with Gasteiger partial charge in [-0.25, -0.2) is 0 Å². The minimum absolute atomic E-state index is 0.0613. The lowest BCUT2D eigenvalue weighted by Gasteiger charge is -2.29. The van der Waals surface area contributed by atoms with Gasteiger partial charge in [-0.05, 0) is 24.3 Å². The van der Waals surface area contributed by atoms with Crippen molar-refractivity contribution in [2.45, 2.75) is 0 Å². The van der Waals surface area contributed by atoms with E-state index in [0.29, 0.717) is 0 Å². The highest BCUT2D eigenvalue weighted by molar-refractivity contribution is 5.57. The van der Waals surface area contributed by atoms with Gasteiger partial charge in [-0.15, -0.1) is 0 Å². The second kappa shape index (κ2) is 6.44. The Morgan fingerprint density at radius 3 is 2.37 bits per heavy atom. The number of nitrogens with one attached hydrogen (secondary N) is 2. The van der Waals surface area contributed by atoms with Crippen LogP contribution in [-0.4, -0.2) is 26.2 Å². The van der Waals surface area contributed by atoms with Crippen LogP contribution in [0.4, 0.5) is 11.4 Å². The summed E-state index contributed by atoms with van der Waals surface area (Å²) in [4.78, 5) is 2.33. The lowest BCUT2D eigenvalue weighted by atomic mass is 10.2. The number of nitriles is 2. The molecule has 0 radical (unpaired) electrons. The highest BCUT2D eigenvalue weighted by atomic mass is 15.2. The number of allylic oxidation sites excluding steroid dienone is 1. The van der Waals surface area contributed by atoms with Crippen LogP contribution < -0.4 is 15.5 Å². The molecule has 2 rings (SSSR count). The number of hydrogen-bond acceptors (Lipinski definition) is 5. The molecular formula is C14H15N5. The van der Waals surface area contributed by atoms with E-state index in [4.69, 9.17) is 10.5 Å². The van der Waals surface area contributed by atoms with Crippen LogP contribution in [0.3, 0.4) is 0 Å². The molecule has 0 unspecified atom stereocenters. The smallest absolute Gasteiger partial charge is 0.145 e. The first-order valence-corrected chi connectivity index (χ1v) is 6.16. The zero-order valence-electron chi connectivity index (χ0n) is 10.6. The second-order valence-corrected chi connectivity index (χ2v) is 4.21. The quantitative estimate of drug-likeness (QED) is 0.797. The molecule has 0 bridgehead atoms. The van der Waals surface area contributed by atoms with Gasteiger partial charge in [0.1, 0.15) is 17.7 Å². The molecule has 2 N–H and O–H groups in total. The predicted molar refractivity (Wildman–Crippen MR) is 74.5 cm³/mol. The Hall–Kier alpha value is -2.50. The molecule has 0 aromatic heterocycles. The molecular weight excluding hydrogens is 238 g/mol. The molecule has 19 heavy (non-hydrogen) atoms. The molecule has 0 saturated carbocycles. The summed E-state index contributed by atoms with van der Waals surface area (Å²) in [7, 11) is 0. The molecule has 96 valence electrons. The van der Waals surface area contributed by atoms with Gasteiger partial charge >= 0.3 is 0 Å². The van der Waals surface area contributed by atoms with E-state index < -0.39 is 0 Å². The van der Waals surface area contributed by atoms with Crippen molar-refractivity contribution in [2.24, 2.45) is 0 Å². The minimum atomic E-state index is 0.0613. The summed E-state index contributed by atoms with van der Waals surface area (Å²) < 4.78 is 0. The van der Waals surface area contributed by atoms with Crippen molar-refractivity contribution in [3.63, 3.8) is 0 Å². The number of rotatable bonds is 3. The van der Waals surface area contributed by atoms with Crippen molar-refractivity contribution in [1.82, 2.24) is 5.32 Å². The Morgan fingerprint density at radius 1 is 1.16 bits per heavy atom. The zero-order chi connectivity index (χ0) is 13.5. The van der Waals surface area contributed by atoms with Crippen LogP contribution in [0.1, 0.15) is 0 Å². The fraction of sp³-hybridized carbons (Fsp3) is 0.286. The summed E-state index contributed by atoms with van der Waals surface area (Å²) in [6.45, 7) is 4.05. The van der Waals surface area contributed by atoms with Gasteiger partial charge in [0.25, 0.3) is 0 Å². The van der Waals surface area contributed by atoms with Gasteiger partial charge < -0.3 is 15.5 Å². The summed E-state index contributed by atoms with van der Waals surface area (Å²) in [5, 5.41) is 23.5. The maximum absolute atomic E-state index is 8.62. The molecule has 0 aliphatic carbocycles. The SMILES string of the molecule is N#CC(C#N)=CNc1ccc(N2CCNCC2)cc1. The van der Waals surface area contributed by atoms with Gasteiger partial charge in [0.05, 0.1) is 0 Å². The zero-order valence-corrected chi connectivity index (χ0v) is 10.6. The van der Waals surface area contributed by atoms with Crippen molar-refractivity contribution in [2.75, 3.05) is 36.4 Å². The summed E-state index contributed by atoms with van der Waals surface area (Å²) in [5.41, 5.74) is 2.12. The van der Waals surface area contributed by atoms with Gasteiger partial charge in [-0.2, -0.15) is 10.5 Å². The molecule has 1 aromatic rings. The van der Waals surface area contributed by atoms with Gasteiger partial charge in [-0.1, -0.05) is 0 Å². The second-order valence-electron chi connectivity index (χ2n) is 4.21. The number of piperazine rings is 1. The van der Waals surface area contributed by atoms with Crippen LogP contribution in [0.15, 0.2) is 36.0 Å². The summed E-state index contributed by atoms with van der Waals surface area (Å²) in [6.07, 6.45) is 1.42. The highest BCUT2D eigenvalue weighted by Gasteiger charge is 2.09. The van der Waals surface area contributed by atoms with Crippen molar-refractivity contribution in [3.8, 4) is 12.1 Å². The Morgan fingerprint density at radius 2 is 1.79 bits per heavy atom. The van der Waals surface area contributed by atoms with E-state index in [2.05, 4.69) is 15.5 Å². The molecule has 1 fully saturated rings. The summed E-state index contributed by atoms with van der Waals surface area (Å²) >= 11 is 0. The largest absolute Gasteiger partial charge is 0.369 e. The lowest BCUT2D eigenvalue weighted by molar-refractivity contribution is 0.589. The minimum Gasteiger partial charge on any atom is -0.369 e.